The second-order valence-electron chi connectivity index (χ2n) is 7.33. The third-order valence-electron chi connectivity index (χ3n) is 5.26. The molecule has 0 aliphatic carbocycles. The fraction of sp³-hybridized carbons (Fsp3) is 0.391. The van der Waals surface area contributed by atoms with Gasteiger partial charge in [-0.3, -0.25) is 4.79 Å². The number of carbonyl (C=O) groups is 1. The smallest absolute Gasteiger partial charge is 0.289 e. The first-order valence-corrected chi connectivity index (χ1v) is 10.5. The Bertz CT molecular complexity index is 949. The van der Waals surface area contributed by atoms with Crippen LogP contribution < -0.4 is 4.90 Å². The highest BCUT2D eigenvalue weighted by Crippen LogP contribution is 2.33. The number of hydrogen-bond acceptors (Lipinski definition) is 7. The lowest BCUT2D eigenvalue weighted by Crippen LogP contribution is -2.37. The molecule has 8 nitrogen and oxygen atoms in total. The molecule has 1 aliphatic rings. The molecule has 31 heavy (non-hydrogen) atoms. The van der Waals surface area contributed by atoms with Crippen molar-refractivity contribution in [3.8, 4) is 11.3 Å². The van der Waals surface area contributed by atoms with E-state index in [0.717, 1.165) is 16.8 Å². The van der Waals surface area contributed by atoms with Crippen LogP contribution in [0, 0.1) is 0 Å². The van der Waals surface area contributed by atoms with Gasteiger partial charge in [0.1, 0.15) is 5.69 Å². The van der Waals surface area contributed by atoms with Gasteiger partial charge in [0.25, 0.3) is 5.91 Å². The molecule has 1 amide bonds. The highest BCUT2D eigenvalue weighted by atomic mass is 16.5. The molecule has 3 aromatic rings. The highest BCUT2D eigenvalue weighted by Gasteiger charge is 2.28. The van der Waals surface area contributed by atoms with Crippen LogP contribution in [0.25, 0.3) is 11.3 Å². The fourth-order valence-corrected chi connectivity index (χ4v) is 3.68. The molecule has 8 heteroatoms. The Hall–Kier alpha value is -3.10. The van der Waals surface area contributed by atoms with Crippen LogP contribution in [-0.4, -0.2) is 62.5 Å². The van der Waals surface area contributed by atoms with E-state index in [1.807, 2.05) is 30.3 Å². The Morgan fingerprint density at radius 3 is 2.68 bits per heavy atom. The molecule has 0 N–H and O–H groups in total. The van der Waals surface area contributed by atoms with E-state index in [1.165, 1.54) is 6.26 Å². The third kappa shape index (κ3) is 4.98. The van der Waals surface area contributed by atoms with Gasteiger partial charge >= 0.3 is 0 Å². The Labute approximate surface area is 181 Å². The normalized spacial score (nSPS) is 14.0. The van der Waals surface area contributed by atoms with Crippen molar-refractivity contribution in [2.24, 2.45) is 0 Å². The molecule has 1 fully saturated rings. The van der Waals surface area contributed by atoms with E-state index in [0.29, 0.717) is 64.1 Å². The zero-order valence-electron chi connectivity index (χ0n) is 17.7. The summed E-state index contributed by atoms with van der Waals surface area (Å²) in [5.74, 6) is 0.823. The van der Waals surface area contributed by atoms with Gasteiger partial charge in [-0.2, -0.15) is 0 Å². The summed E-state index contributed by atoms with van der Waals surface area (Å²) < 4.78 is 21.9. The molecule has 0 unspecified atom stereocenters. The lowest BCUT2D eigenvalue weighted by Gasteiger charge is -2.28. The van der Waals surface area contributed by atoms with E-state index in [-0.39, 0.29) is 5.91 Å². The van der Waals surface area contributed by atoms with Crippen LogP contribution in [0.5, 0.6) is 0 Å². The molecule has 0 bridgehead atoms. The van der Waals surface area contributed by atoms with Crippen LogP contribution in [-0.2, 0) is 16.0 Å². The molecule has 0 saturated carbocycles. The lowest BCUT2D eigenvalue weighted by molar-refractivity contribution is 0.0691. The van der Waals surface area contributed by atoms with E-state index in [9.17, 15) is 4.79 Å². The van der Waals surface area contributed by atoms with Crippen LogP contribution in [0.1, 0.15) is 22.5 Å². The van der Waals surface area contributed by atoms with Gasteiger partial charge in [0.15, 0.2) is 5.76 Å². The number of ether oxygens (including phenoxy) is 2. The van der Waals surface area contributed by atoms with Crippen molar-refractivity contribution < 1.29 is 23.2 Å². The summed E-state index contributed by atoms with van der Waals surface area (Å²) in [4.78, 5) is 17.1. The van der Waals surface area contributed by atoms with Crippen LogP contribution in [0.3, 0.4) is 0 Å². The number of hydrogen-bond donors (Lipinski definition) is 0. The number of nitrogens with zero attached hydrogens (tertiary/aromatic N) is 3. The largest absolute Gasteiger partial charge is 0.459 e. The lowest BCUT2D eigenvalue weighted by atomic mass is 10.1. The molecule has 164 valence electrons. The predicted octanol–water partition coefficient (Wildman–Crippen LogP) is 3.45. The second kappa shape index (κ2) is 10.3. The molecule has 1 aliphatic heterocycles. The summed E-state index contributed by atoms with van der Waals surface area (Å²) in [7, 11) is 1.66. The number of amides is 1. The quantitative estimate of drug-likeness (QED) is 0.486. The average molecular weight is 425 g/mol. The number of benzene rings is 1. The maximum atomic E-state index is 13.2. The SMILES string of the molecule is COCCCN(Cc1c(-c2ccccc2)noc1N1CCOCC1)C(=O)c1ccco1. The number of furan rings is 1. The summed E-state index contributed by atoms with van der Waals surface area (Å²) in [6.07, 6.45) is 2.22. The van der Waals surface area contributed by atoms with Gasteiger partial charge in [0.2, 0.25) is 5.88 Å². The van der Waals surface area contributed by atoms with Crippen molar-refractivity contribution in [2.75, 3.05) is 51.5 Å². The van der Waals surface area contributed by atoms with Gasteiger partial charge in [-0.05, 0) is 18.6 Å². The second-order valence-corrected chi connectivity index (χ2v) is 7.33. The van der Waals surface area contributed by atoms with Crippen LogP contribution in [0.2, 0.25) is 0 Å². The number of carbonyl (C=O) groups excluding carboxylic acids is 1. The van der Waals surface area contributed by atoms with Gasteiger partial charge in [-0.1, -0.05) is 35.5 Å². The molecular formula is C23H27N3O5. The molecular weight excluding hydrogens is 398 g/mol. The number of rotatable bonds is 9. The van der Waals surface area contributed by atoms with Gasteiger partial charge in [-0.25, -0.2) is 0 Å². The van der Waals surface area contributed by atoms with Crippen molar-refractivity contribution in [3.05, 3.63) is 60.1 Å². The maximum absolute atomic E-state index is 13.2. The minimum absolute atomic E-state index is 0.172. The van der Waals surface area contributed by atoms with E-state index in [4.69, 9.17) is 18.4 Å². The van der Waals surface area contributed by atoms with Crippen molar-refractivity contribution in [1.82, 2.24) is 10.1 Å². The van der Waals surface area contributed by atoms with Crippen molar-refractivity contribution >= 4 is 11.8 Å². The molecule has 1 aromatic carbocycles. The minimum Gasteiger partial charge on any atom is -0.459 e. The predicted molar refractivity (Wildman–Crippen MR) is 115 cm³/mol. The minimum atomic E-state index is -0.172. The number of anilines is 1. The molecule has 2 aromatic heterocycles. The molecule has 0 spiro atoms. The summed E-state index contributed by atoms with van der Waals surface area (Å²) >= 11 is 0. The number of methoxy groups -OCH3 is 1. The molecule has 1 saturated heterocycles. The zero-order chi connectivity index (χ0) is 21.5. The van der Waals surface area contributed by atoms with Crippen LogP contribution >= 0.6 is 0 Å². The van der Waals surface area contributed by atoms with Gasteiger partial charge in [0.05, 0.1) is 31.6 Å². The first kappa shape index (κ1) is 21.1. The van der Waals surface area contributed by atoms with E-state index in [1.54, 1.807) is 24.1 Å². The first-order valence-electron chi connectivity index (χ1n) is 10.5. The Morgan fingerprint density at radius 2 is 1.97 bits per heavy atom. The van der Waals surface area contributed by atoms with Crippen molar-refractivity contribution in [2.45, 2.75) is 13.0 Å². The van der Waals surface area contributed by atoms with E-state index < -0.39 is 0 Å². The summed E-state index contributed by atoms with van der Waals surface area (Å²) in [6.45, 7) is 4.12. The number of morpholine rings is 1. The Morgan fingerprint density at radius 1 is 1.16 bits per heavy atom. The third-order valence-corrected chi connectivity index (χ3v) is 5.26. The van der Waals surface area contributed by atoms with Crippen LogP contribution in [0.15, 0.2) is 57.7 Å². The molecule has 3 heterocycles. The highest BCUT2D eigenvalue weighted by molar-refractivity contribution is 5.91. The molecule has 0 atom stereocenters. The Kier molecular flexibility index (Phi) is 7.01. The standard InChI is InChI=1S/C23H27N3O5/c1-28-13-6-10-26(22(27)20-9-5-14-30-20)17-19-21(18-7-3-2-4-8-18)24-31-23(19)25-11-15-29-16-12-25/h2-5,7-9,14H,6,10-13,15-17H2,1H3. The first-order chi connectivity index (χ1) is 15.3. The molecule has 0 radical (unpaired) electrons. The van der Waals surface area contributed by atoms with E-state index in [2.05, 4.69) is 10.1 Å². The zero-order valence-corrected chi connectivity index (χ0v) is 17.7. The number of aromatic nitrogens is 1. The average Bonchev–Trinajstić information content (AvgIpc) is 3.50. The Balaban J connectivity index is 1.68. The monoisotopic (exact) mass is 425 g/mol. The molecule has 4 rings (SSSR count). The van der Waals surface area contributed by atoms with Crippen molar-refractivity contribution in [1.29, 1.82) is 0 Å². The topological polar surface area (TPSA) is 81.2 Å². The van der Waals surface area contributed by atoms with E-state index >= 15 is 0 Å². The fourth-order valence-electron chi connectivity index (χ4n) is 3.68. The summed E-state index contributed by atoms with van der Waals surface area (Å²) in [6, 6.07) is 13.3. The van der Waals surface area contributed by atoms with Gasteiger partial charge in [0, 0.05) is 38.9 Å². The maximum Gasteiger partial charge on any atom is 0.289 e. The van der Waals surface area contributed by atoms with Gasteiger partial charge in [-0.15, -0.1) is 0 Å². The van der Waals surface area contributed by atoms with Gasteiger partial charge < -0.3 is 28.2 Å². The summed E-state index contributed by atoms with van der Waals surface area (Å²) in [5, 5.41) is 4.39. The summed E-state index contributed by atoms with van der Waals surface area (Å²) in [5.41, 5.74) is 2.57. The van der Waals surface area contributed by atoms with Crippen molar-refractivity contribution in [3.63, 3.8) is 0 Å². The van der Waals surface area contributed by atoms with Crippen LogP contribution in [0.4, 0.5) is 5.88 Å².